The molecule has 5 nitrogen and oxygen atoms in total. The van der Waals surface area contributed by atoms with E-state index in [0.29, 0.717) is 13.0 Å². The normalized spacial score (nSPS) is 10.6. The molecular weight excluding hydrogens is 244 g/mol. The Labute approximate surface area is 111 Å². The lowest BCUT2D eigenvalue weighted by molar-refractivity contribution is -0.128. The van der Waals surface area contributed by atoms with Gasteiger partial charge in [-0.05, 0) is 24.3 Å². The van der Waals surface area contributed by atoms with Gasteiger partial charge in [-0.1, -0.05) is 0 Å². The third-order valence-electron chi connectivity index (χ3n) is 3.08. The van der Waals surface area contributed by atoms with Gasteiger partial charge in [0.15, 0.2) is 0 Å². The summed E-state index contributed by atoms with van der Waals surface area (Å²) in [6.45, 7) is 0.590. The van der Waals surface area contributed by atoms with E-state index in [2.05, 4.69) is 0 Å². The van der Waals surface area contributed by atoms with Crippen molar-refractivity contribution in [3.05, 3.63) is 36.0 Å². The molecule has 100 valence electrons. The molecule has 0 aliphatic rings. The topological polar surface area (TPSA) is 62.5 Å². The summed E-state index contributed by atoms with van der Waals surface area (Å²) >= 11 is 0. The highest BCUT2D eigenvalue weighted by Crippen LogP contribution is 2.18. The van der Waals surface area contributed by atoms with Crippen molar-refractivity contribution in [3.63, 3.8) is 0 Å². The SMILES string of the molecule is CN(C)C(=O)CCn1ccc2cc(C(=O)O)ccc21. The first-order chi connectivity index (χ1) is 8.99. The minimum absolute atomic E-state index is 0.0732. The molecule has 0 bridgehead atoms. The number of hydrogen-bond donors (Lipinski definition) is 1. The fourth-order valence-electron chi connectivity index (χ4n) is 1.97. The first-order valence-electron chi connectivity index (χ1n) is 6.01. The predicted octanol–water partition coefficient (Wildman–Crippen LogP) is 1.82. The van der Waals surface area contributed by atoms with E-state index in [1.807, 2.05) is 16.8 Å². The molecule has 1 N–H and O–H groups in total. The smallest absolute Gasteiger partial charge is 0.335 e. The van der Waals surface area contributed by atoms with Crippen molar-refractivity contribution in [1.82, 2.24) is 9.47 Å². The third-order valence-corrected chi connectivity index (χ3v) is 3.08. The van der Waals surface area contributed by atoms with Gasteiger partial charge >= 0.3 is 5.97 Å². The Morgan fingerprint density at radius 3 is 2.63 bits per heavy atom. The maximum atomic E-state index is 11.6. The van der Waals surface area contributed by atoms with Gasteiger partial charge in [0.25, 0.3) is 0 Å². The van der Waals surface area contributed by atoms with Crippen LogP contribution in [0.2, 0.25) is 0 Å². The standard InChI is InChI=1S/C14H16N2O3/c1-15(2)13(17)6-8-16-7-5-10-9-11(14(18)19)3-4-12(10)16/h3-5,7,9H,6,8H2,1-2H3,(H,18,19). The van der Waals surface area contributed by atoms with E-state index < -0.39 is 5.97 Å². The van der Waals surface area contributed by atoms with E-state index in [1.54, 1.807) is 37.2 Å². The number of nitrogens with zero attached hydrogens (tertiary/aromatic N) is 2. The van der Waals surface area contributed by atoms with Crippen molar-refractivity contribution >= 4 is 22.8 Å². The van der Waals surface area contributed by atoms with Gasteiger partial charge in [0.05, 0.1) is 5.56 Å². The number of fused-ring (bicyclic) bond motifs is 1. The van der Waals surface area contributed by atoms with Crippen LogP contribution in [0.15, 0.2) is 30.5 Å². The molecule has 5 heteroatoms. The Kier molecular flexibility index (Phi) is 3.55. The lowest BCUT2D eigenvalue weighted by atomic mass is 10.1. The molecule has 2 aromatic rings. The molecule has 0 atom stereocenters. The molecular formula is C14H16N2O3. The molecule has 0 aliphatic heterocycles. The minimum Gasteiger partial charge on any atom is -0.478 e. The van der Waals surface area contributed by atoms with Crippen molar-refractivity contribution in [2.45, 2.75) is 13.0 Å². The van der Waals surface area contributed by atoms with Gasteiger partial charge in [-0.25, -0.2) is 4.79 Å². The number of rotatable bonds is 4. The van der Waals surface area contributed by atoms with Crippen molar-refractivity contribution in [2.75, 3.05) is 14.1 Å². The highest BCUT2D eigenvalue weighted by Gasteiger charge is 2.08. The number of carbonyl (C=O) groups is 2. The maximum absolute atomic E-state index is 11.6. The second-order valence-corrected chi connectivity index (χ2v) is 4.63. The van der Waals surface area contributed by atoms with Crippen LogP contribution in [-0.4, -0.2) is 40.5 Å². The largest absolute Gasteiger partial charge is 0.478 e. The molecule has 1 aromatic carbocycles. The fourth-order valence-corrected chi connectivity index (χ4v) is 1.97. The molecule has 0 saturated heterocycles. The quantitative estimate of drug-likeness (QED) is 0.912. The molecule has 1 amide bonds. The first-order valence-corrected chi connectivity index (χ1v) is 6.01. The zero-order chi connectivity index (χ0) is 14.0. The Morgan fingerprint density at radius 2 is 2.00 bits per heavy atom. The van der Waals surface area contributed by atoms with E-state index in [0.717, 1.165) is 10.9 Å². The summed E-state index contributed by atoms with van der Waals surface area (Å²) in [6, 6.07) is 6.86. The van der Waals surface area contributed by atoms with Crippen molar-refractivity contribution in [1.29, 1.82) is 0 Å². The van der Waals surface area contributed by atoms with Crippen LogP contribution in [0.1, 0.15) is 16.8 Å². The van der Waals surface area contributed by atoms with Crippen molar-refractivity contribution in [3.8, 4) is 0 Å². The second-order valence-electron chi connectivity index (χ2n) is 4.63. The lowest BCUT2D eigenvalue weighted by Gasteiger charge is -2.11. The Balaban J connectivity index is 2.21. The van der Waals surface area contributed by atoms with Crippen LogP contribution in [0.3, 0.4) is 0 Å². The molecule has 0 saturated carbocycles. The van der Waals surface area contributed by atoms with Crippen LogP contribution in [0.5, 0.6) is 0 Å². The molecule has 1 aromatic heterocycles. The molecule has 1 heterocycles. The number of amides is 1. The summed E-state index contributed by atoms with van der Waals surface area (Å²) in [5.41, 5.74) is 1.21. The summed E-state index contributed by atoms with van der Waals surface area (Å²) in [5.74, 6) is -0.860. The van der Waals surface area contributed by atoms with Crippen LogP contribution >= 0.6 is 0 Å². The average Bonchev–Trinajstić information content (AvgIpc) is 2.77. The summed E-state index contributed by atoms with van der Waals surface area (Å²) in [7, 11) is 3.46. The fraction of sp³-hybridized carbons (Fsp3) is 0.286. The number of aromatic nitrogens is 1. The van der Waals surface area contributed by atoms with E-state index in [-0.39, 0.29) is 11.5 Å². The number of carboxylic acids is 1. The Morgan fingerprint density at radius 1 is 1.26 bits per heavy atom. The summed E-state index contributed by atoms with van der Waals surface area (Å²) in [6.07, 6.45) is 2.30. The maximum Gasteiger partial charge on any atom is 0.335 e. The second kappa shape index (κ2) is 5.14. The molecule has 0 spiro atoms. The van der Waals surface area contributed by atoms with Gasteiger partial charge in [0, 0.05) is 44.2 Å². The molecule has 0 radical (unpaired) electrons. The molecule has 19 heavy (non-hydrogen) atoms. The van der Waals surface area contributed by atoms with Crippen LogP contribution < -0.4 is 0 Å². The van der Waals surface area contributed by atoms with Crippen molar-refractivity contribution in [2.24, 2.45) is 0 Å². The summed E-state index contributed by atoms with van der Waals surface area (Å²) in [5, 5.41) is 9.80. The van der Waals surface area contributed by atoms with Crippen LogP contribution in [0.25, 0.3) is 10.9 Å². The van der Waals surface area contributed by atoms with Crippen molar-refractivity contribution < 1.29 is 14.7 Å². The molecule has 2 rings (SSSR count). The minimum atomic E-state index is -0.933. The summed E-state index contributed by atoms with van der Waals surface area (Å²) < 4.78 is 1.96. The van der Waals surface area contributed by atoms with E-state index >= 15 is 0 Å². The highest BCUT2D eigenvalue weighted by atomic mass is 16.4. The first kappa shape index (κ1) is 13.1. The Hall–Kier alpha value is -2.30. The van der Waals surface area contributed by atoms with E-state index in [4.69, 9.17) is 5.11 Å². The van der Waals surface area contributed by atoms with Gasteiger partial charge < -0.3 is 14.6 Å². The predicted molar refractivity (Wildman–Crippen MR) is 72.2 cm³/mol. The van der Waals surface area contributed by atoms with Gasteiger partial charge in [-0.15, -0.1) is 0 Å². The lowest BCUT2D eigenvalue weighted by Crippen LogP contribution is -2.22. The number of carbonyl (C=O) groups excluding carboxylic acids is 1. The number of aromatic carboxylic acids is 1. The van der Waals surface area contributed by atoms with Gasteiger partial charge in [0.2, 0.25) is 5.91 Å². The zero-order valence-corrected chi connectivity index (χ0v) is 11.0. The molecule has 0 aliphatic carbocycles. The average molecular weight is 260 g/mol. The summed E-state index contributed by atoms with van der Waals surface area (Å²) in [4.78, 5) is 24.0. The zero-order valence-electron chi connectivity index (χ0n) is 11.0. The van der Waals surface area contributed by atoms with Gasteiger partial charge in [-0.3, -0.25) is 4.79 Å². The van der Waals surface area contributed by atoms with Gasteiger partial charge in [0.1, 0.15) is 0 Å². The van der Waals surface area contributed by atoms with Crippen LogP contribution in [0, 0.1) is 0 Å². The van der Waals surface area contributed by atoms with Crippen LogP contribution in [0.4, 0.5) is 0 Å². The third kappa shape index (κ3) is 2.76. The monoisotopic (exact) mass is 260 g/mol. The number of aryl methyl sites for hydroxylation is 1. The Bertz CT molecular complexity index is 629. The number of carboxylic acid groups (broad SMARTS) is 1. The van der Waals surface area contributed by atoms with E-state index in [9.17, 15) is 9.59 Å². The number of benzene rings is 1. The number of hydrogen-bond acceptors (Lipinski definition) is 2. The van der Waals surface area contributed by atoms with Gasteiger partial charge in [-0.2, -0.15) is 0 Å². The van der Waals surface area contributed by atoms with E-state index in [1.165, 1.54) is 0 Å². The molecule has 0 fully saturated rings. The van der Waals surface area contributed by atoms with Crippen LogP contribution in [-0.2, 0) is 11.3 Å². The highest BCUT2D eigenvalue weighted by molar-refractivity contribution is 5.93. The molecule has 0 unspecified atom stereocenters.